The molecule has 2 aromatic carbocycles. The summed E-state index contributed by atoms with van der Waals surface area (Å²) in [6.45, 7) is 3.92. The summed E-state index contributed by atoms with van der Waals surface area (Å²) in [5.41, 5.74) is 5.04. The summed E-state index contributed by atoms with van der Waals surface area (Å²) in [5, 5.41) is 11.7. The van der Waals surface area contributed by atoms with Gasteiger partial charge in [-0.2, -0.15) is 5.26 Å². The fourth-order valence-electron chi connectivity index (χ4n) is 3.52. The molecule has 1 aliphatic heterocycles. The molecular weight excluding hydrogens is 364 g/mol. The Hall–Kier alpha value is -4.11. The number of nitrogens with zero attached hydrogens (tertiary/aromatic N) is 3. The van der Waals surface area contributed by atoms with Gasteiger partial charge < -0.3 is 9.88 Å². The van der Waals surface area contributed by atoms with Crippen molar-refractivity contribution in [3.8, 4) is 11.8 Å². The second-order valence-corrected chi connectivity index (χ2v) is 6.78. The number of urea groups is 1. The highest BCUT2D eigenvalue weighted by atomic mass is 16.2. The van der Waals surface area contributed by atoms with E-state index >= 15 is 0 Å². The van der Waals surface area contributed by atoms with E-state index in [2.05, 4.69) is 11.4 Å². The minimum Gasteiger partial charge on any atom is -0.318 e. The van der Waals surface area contributed by atoms with E-state index in [1.54, 1.807) is 42.5 Å². The first-order valence-electron chi connectivity index (χ1n) is 9.11. The van der Waals surface area contributed by atoms with Crippen molar-refractivity contribution < 1.29 is 9.59 Å². The lowest BCUT2D eigenvalue weighted by molar-refractivity contribution is -0.113. The van der Waals surface area contributed by atoms with Crippen molar-refractivity contribution in [2.24, 2.45) is 0 Å². The maximum atomic E-state index is 12.8. The van der Waals surface area contributed by atoms with Crippen LogP contribution in [-0.2, 0) is 4.79 Å². The number of aryl methyl sites for hydroxylation is 1. The molecule has 6 heteroatoms. The molecule has 3 aromatic rings. The van der Waals surface area contributed by atoms with Crippen molar-refractivity contribution in [1.82, 2.24) is 9.88 Å². The van der Waals surface area contributed by atoms with Gasteiger partial charge in [0.25, 0.3) is 5.91 Å². The number of hydrogen-bond donors (Lipinski definition) is 1. The molecule has 29 heavy (non-hydrogen) atoms. The molecule has 0 unspecified atom stereocenters. The Balaban J connectivity index is 1.70. The van der Waals surface area contributed by atoms with Gasteiger partial charge in [0.1, 0.15) is 5.70 Å². The molecule has 1 N–H and O–H groups in total. The quantitative estimate of drug-likeness (QED) is 0.548. The zero-order chi connectivity index (χ0) is 20.5. The highest BCUT2D eigenvalue weighted by Crippen LogP contribution is 2.26. The molecule has 142 valence electrons. The van der Waals surface area contributed by atoms with E-state index in [4.69, 9.17) is 5.26 Å². The molecule has 6 nitrogen and oxygen atoms in total. The number of anilines is 1. The second kappa shape index (κ2) is 7.13. The fraction of sp³-hybridized carbons (Fsp3) is 0.0870. The largest absolute Gasteiger partial charge is 0.333 e. The van der Waals surface area contributed by atoms with E-state index in [-0.39, 0.29) is 11.6 Å². The first-order chi connectivity index (χ1) is 14.0. The number of amides is 3. The van der Waals surface area contributed by atoms with Crippen LogP contribution >= 0.6 is 0 Å². The average molecular weight is 382 g/mol. The van der Waals surface area contributed by atoms with Crippen LogP contribution in [0.2, 0.25) is 0 Å². The molecule has 4 rings (SSSR count). The third-order valence-corrected chi connectivity index (χ3v) is 4.92. The molecule has 0 bridgehead atoms. The highest BCUT2D eigenvalue weighted by Gasteiger charge is 2.34. The van der Waals surface area contributed by atoms with Gasteiger partial charge in [0.05, 0.1) is 17.3 Å². The first kappa shape index (κ1) is 18.3. The predicted molar refractivity (Wildman–Crippen MR) is 110 cm³/mol. The zero-order valence-corrected chi connectivity index (χ0v) is 16.0. The Morgan fingerprint density at radius 3 is 2.31 bits per heavy atom. The molecule has 2 heterocycles. The number of rotatable bonds is 3. The summed E-state index contributed by atoms with van der Waals surface area (Å²) in [6, 6.07) is 19.7. The molecule has 0 saturated carbocycles. The van der Waals surface area contributed by atoms with E-state index in [1.165, 1.54) is 0 Å². The van der Waals surface area contributed by atoms with Gasteiger partial charge in [-0.05, 0) is 68.0 Å². The third-order valence-electron chi connectivity index (χ3n) is 4.92. The van der Waals surface area contributed by atoms with Crippen LogP contribution in [0.1, 0.15) is 22.5 Å². The number of carbonyl (C=O) groups excluding carboxylic acids is 2. The number of benzene rings is 2. The van der Waals surface area contributed by atoms with E-state index in [0.29, 0.717) is 11.3 Å². The minimum atomic E-state index is -0.464. The van der Waals surface area contributed by atoms with Crippen molar-refractivity contribution in [3.63, 3.8) is 0 Å². The minimum absolute atomic E-state index is 0.235. The molecule has 1 saturated heterocycles. The molecule has 3 amide bonds. The summed E-state index contributed by atoms with van der Waals surface area (Å²) in [7, 11) is 0. The van der Waals surface area contributed by atoms with Crippen LogP contribution in [0.15, 0.2) is 66.4 Å². The van der Waals surface area contributed by atoms with Gasteiger partial charge in [-0.1, -0.05) is 18.2 Å². The van der Waals surface area contributed by atoms with Gasteiger partial charge >= 0.3 is 6.03 Å². The van der Waals surface area contributed by atoms with Crippen LogP contribution in [0, 0.1) is 25.2 Å². The molecule has 1 fully saturated rings. The Bertz CT molecular complexity index is 1180. The summed E-state index contributed by atoms with van der Waals surface area (Å²) >= 11 is 0. The van der Waals surface area contributed by atoms with Crippen LogP contribution in [0.4, 0.5) is 10.5 Å². The zero-order valence-electron chi connectivity index (χ0n) is 16.0. The summed E-state index contributed by atoms with van der Waals surface area (Å²) in [5.74, 6) is -0.385. The summed E-state index contributed by atoms with van der Waals surface area (Å²) in [6.07, 6.45) is 1.70. The molecular formula is C23H18N4O2. The highest BCUT2D eigenvalue weighted by molar-refractivity contribution is 6.28. The number of carbonyl (C=O) groups is 2. The Kier molecular flexibility index (Phi) is 4.49. The SMILES string of the molecule is Cc1cc(/C=C2\NC(=O)N(c3ccccc3)C2=O)c(C)n1-c1ccc(C#N)cc1. The summed E-state index contributed by atoms with van der Waals surface area (Å²) in [4.78, 5) is 26.3. The van der Waals surface area contributed by atoms with Crippen LogP contribution < -0.4 is 10.2 Å². The average Bonchev–Trinajstić information content (AvgIpc) is 3.17. The number of imide groups is 1. The Labute approximate surface area is 168 Å². The van der Waals surface area contributed by atoms with E-state index in [0.717, 1.165) is 27.5 Å². The van der Waals surface area contributed by atoms with Gasteiger partial charge in [-0.25, -0.2) is 9.69 Å². The van der Waals surface area contributed by atoms with E-state index < -0.39 is 6.03 Å². The van der Waals surface area contributed by atoms with E-state index in [1.807, 2.05) is 42.7 Å². The monoisotopic (exact) mass is 382 g/mol. The lowest BCUT2D eigenvalue weighted by atomic mass is 10.2. The number of aromatic nitrogens is 1. The maximum absolute atomic E-state index is 12.8. The summed E-state index contributed by atoms with van der Waals surface area (Å²) < 4.78 is 2.05. The molecule has 1 aromatic heterocycles. The predicted octanol–water partition coefficient (Wildman–Crippen LogP) is 4.06. The van der Waals surface area contributed by atoms with Gasteiger partial charge in [0.15, 0.2) is 0 Å². The molecule has 0 radical (unpaired) electrons. The van der Waals surface area contributed by atoms with Crippen LogP contribution in [0.25, 0.3) is 11.8 Å². The van der Waals surface area contributed by atoms with Crippen LogP contribution in [0.3, 0.4) is 0 Å². The van der Waals surface area contributed by atoms with E-state index in [9.17, 15) is 9.59 Å². The van der Waals surface area contributed by atoms with Gasteiger partial charge in [0, 0.05) is 17.1 Å². The van der Waals surface area contributed by atoms with Crippen molar-refractivity contribution in [1.29, 1.82) is 5.26 Å². The second-order valence-electron chi connectivity index (χ2n) is 6.78. The molecule has 0 atom stereocenters. The standard InChI is InChI=1S/C23H18N4O2/c1-15-12-18(16(2)26(15)20-10-8-17(14-24)9-11-20)13-21-22(28)27(23(29)25-21)19-6-4-3-5-7-19/h3-13H,1-2H3,(H,25,29)/b21-13-. The van der Waals surface area contributed by atoms with Crippen molar-refractivity contribution >= 4 is 23.7 Å². The topological polar surface area (TPSA) is 78.1 Å². The third kappa shape index (κ3) is 3.19. The van der Waals surface area contributed by atoms with Gasteiger partial charge in [-0.3, -0.25) is 4.79 Å². The Morgan fingerprint density at radius 1 is 0.966 bits per heavy atom. The number of nitriles is 1. The van der Waals surface area contributed by atoms with Crippen LogP contribution in [0.5, 0.6) is 0 Å². The van der Waals surface area contributed by atoms with Crippen molar-refractivity contribution in [2.75, 3.05) is 4.90 Å². The number of para-hydroxylation sites is 1. The van der Waals surface area contributed by atoms with Gasteiger partial charge in [0.2, 0.25) is 0 Å². The normalized spacial score (nSPS) is 14.9. The van der Waals surface area contributed by atoms with Crippen molar-refractivity contribution in [3.05, 3.63) is 88.9 Å². The maximum Gasteiger partial charge on any atom is 0.333 e. The lowest BCUT2D eigenvalue weighted by Crippen LogP contribution is -2.30. The van der Waals surface area contributed by atoms with Gasteiger partial charge in [-0.15, -0.1) is 0 Å². The Morgan fingerprint density at radius 2 is 1.66 bits per heavy atom. The lowest BCUT2D eigenvalue weighted by Gasteiger charge is -2.11. The molecule has 1 aliphatic rings. The molecule has 0 aliphatic carbocycles. The van der Waals surface area contributed by atoms with Crippen LogP contribution in [-0.4, -0.2) is 16.5 Å². The smallest absolute Gasteiger partial charge is 0.318 e. The number of hydrogen-bond acceptors (Lipinski definition) is 3. The molecule has 0 spiro atoms. The first-order valence-corrected chi connectivity index (χ1v) is 9.11. The number of nitrogens with one attached hydrogen (secondary N) is 1. The van der Waals surface area contributed by atoms with Crippen molar-refractivity contribution in [2.45, 2.75) is 13.8 Å². The fourth-order valence-corrected chi connectivity index (χ4v) is 3.52.